The molecule has 1 heterocycles. The van der Waals surface area contributed by atoms with E-state index in [2.05, 4.69) is 4.98 Å². The molecule has 0 aliphatic rings. The highest BCUT2D eigenvalue weighted by molar-refractivity contribution is 7.80. The third-order valence-corrected chi connectivity index (χ3v) is 1.73. The number of hydrogen-bond donors (Lipinski definition) is 1. The van der Waals surface area contributed by atoms with Gasteiger partial charge in [-0.2, -0.15) is 0 Å². The van der Waals surface area contributed by atoms with E-state index in [1.165, 1.54) is 0 Å². The quantitative estimate of drug-likeness (QED) is 0.685. The fourth-order valence-electron chi connectivity index (χ4n) is 0.796. The molecule has 0 spiro atoms. The molecule has 0 aliphatic carbocycles. The molecule has 0 unspecified atom stereocenters. The second kappa shape index (κ2) is 3.49. The van der Waals surface area contributed by atoms with Crippen LogP contribution in [0.2, 0.25) is 0 Å². The van der Waals surface area contributed by atoms with Gasteiger partial charge in [-0.3, -0.25) is 0 Å². The van der Waals surface area contributed by atoms with E-state index < -0.39 is 0 Å². The molecule has 1 rings (SSSR count). The van der Waals surface area contributed by atoms with Gasteiger partial charge >= 0.3 is 0 Å². The number of nitrogens with zero attached hydrogens (tertiary/aromatic N) is 2. The molecule has 0 aliphatic heterocycles. The van der Waals surface area contributed by atoms with Crippen LogP contribution in [-0.4, -0.2) is 24.1 Å². The van der Waals surface area contributed by atoms with E-state index >= 15 is 0 Å². The van der Waals surface area contributed by atoms with Crippen LogP contribution >= 0.6 is 12.2 Å². The molecule has 0 aromatic carbocycles. The minimum absolute atomic E-state index is 0.382. The molecular formula is C8H11N3S. The molecule has 0 bridgehead atoms. The van der Waals surface area contributed by atoms with Crippen molar-refractivity contribution in [1.82, 2.24) is 4.98 Å². The van der Waals surface area contributed by atoms with E-state index in [-0.39, 0.29) is 0 Å². The zero-order chi connectivity index (χ0) is 9.14. The summed E-state index contributed by atoms with van der Waals surface area (Å²) in [7, 11) is 3.87. The lowest BCUT2D eigenvalue weighted by Crippen LogP contribution is -2.13. The molecule has 1 aromatic rings. The molecule has 1 aromatic heterocycles. The highest BCUT2D eigenvalue weighted by Crippen LogP contribution is 2.07. The topological polar surface area (TPSA) is 42.1 Å². The van der Waals surface area contributed by atoms with Crippen LogP contribution in [0.4, 0.5) is 5.82 Å². The monoisotopic (exact) mass is 181 g/mol. The number of anilines is 1. The highest BCUT2D eigenvalue weighted by atomic mass is 32.1. The first kappa shape index (κ1) is 8.93. The second-order valence-corrected chi connectivity index (χ2v) is 3.10. The van der Waals surface area contributed by atoms with Gasteiger partial charge in [-0.25, -0.2) is 4.98 Å². The summed E-state index contributed by atoms with van der Waals surface area (Å²) in [6.45, 7) is 0. The number of thiocarbonyl (C=S) groups is 1. The first-order valence-corrected chi connectivity index (χ1v) is 3.95. The minimum Gasteiger partial charge on any atom is -0.389 e. The van der Waals surface area contributed by atoms with Crippen LogP contribution < -0.4 is 10.6 Å². The normalized spacial score (nSPS) is 9.50. The molecule has 12 heavy (non-hydrogen) atoms. The average molecular weight is 181 g/mol. The molecule has 0 fully saturated rings. The van der Waals surface area contributed by atoms with Crippen LogP contribution in [0.25, 0.3) is 0 Å². The Morgan fingerprint density at radius 2 is 2.17 bits per heavy atom. The average Bonchev–Trinajstić information content (AvgIpc) is 2.04. The van der Waals surface area contributed by atoms with Crippen LogP contribution in [0.15, 0.2) is 18.3 Å². The second-order valence-electron chi connectivity index (χ2n) is 2.66. The van der Waals surface area contributed by atoms with Crippen molar-refractivity contribution in [1.29, 1.82) is 0 Å². The number of aromatic nitrogens is 1. The molecule has 0 atom stereocenters. The third-order valence-electron chi connectivity index (χ3n) is 1.49. The molecular weight excluding hydrogens is 170 g/mol. The molecule has 0 saturated carbocycles. The first-order valence-electron chi connectivity index (χ1n) is 3.54. The fourth-order valence-corrected chi connectivity index (χ4v) is 0.917. The van der Waals surface area contributed by atoms with Crippen molar-refractivity contribution in [2.45, 2.75) is 0 Å². The van der Waals surface area contributed by atoms with E-state index in [0.29, 0.717) is 4.99 Å². The number of hydrogen-bond acceptors (Lipinski definition) is 3. The maximum atomic E-state index is 5.42. The SMILES string of the molecule is CN(C)c1ccc(C(N)=S)cn1. The first-order chi connectivity index (χ1) is 5.61. The summed E-state index contributed by atoms with van der Waals surface area (Å²) < 4.78 is 0. The van der Waals surface area contributed by atoms with Gasteiger partial charge in [0.1, 0.15) is 10.8 Å². The molecule has 0 radical (unpaired) electrons. The summed E-state index contributed by atoms with van der Waals surface area (Å²) in [6.07, 6.45) is 1.68. The predicted molar refractivity (Wildman–Crippen MR) is 54.5 cm³/mol. The Morgan fingerprint density at radius 3 is 2.50 bits per heavy atom. The van der Waals surface area contributed by atoms with Gasteiger partial charge in [-0.15, -0.1) is 0 Å². The van der Waals surface area contributed by atoms with E-state index in [4.69, 9.17) is 18.0 Å². The molecule has 64 valence electrons. The fraction of sp³-hybridized carbons (Fsp3) is 0.250. The summed E-state index contributed by atoms with van der Waals surface area (Å²) in [5.74, 6) is 0.898. The van der Waals surface area contributed by atoms with Crippen molar-refractivity contribution in [2.24, 2.45) is 5.73 Å². The van der Waals surface area contributed by atoms with Gasteiger partial charge in [0.25, 0.3) is 0 Å². The number of nitrogens with two attached hydrogens (primary N) is 1. The Morgan fingerprint density at radius 1 is 1.50 bits per heavy atom. The summed E-state index contributed by atoms with van der Waals surface area (Å²) in [5, 5.41) is 0. The maximum absolute atomic E-state index is 5.42. The van der Waals surface area contributed by atoms with Crippen molar-refractivity contribution in [2.75, 3.05) is 19.0 Å². The summed E-state index contributed by atoms with van der Waals surface area (Å²) in [6, 6.07) is 3.75. The number of rotatable bonds is 2. The lowest BCUT2D eigenvalue weighted by molar-refractivity contribution is 1.07. The highest BCUT2D eigenvalue weighted by Gasteiger charge is 1.98. The van der Waals surface area contributed by atoms with Crippen molar-refractivity contribution in [3.8, 4) is 0 Å². The maximum Gasteiger partial charge on any atom is 0.127 e. The summed E-state index contributed by atoms with van der Waals surface area (Å²) in [4.78, 5) is 6.46. The minimum atomic E-state index is 0.382. The number of pyridine rings is 1. The molecule has 3 nitrogen and oxygen atoms in total. The molecule has 2 N–H and O–H groups in total. The Labute approximate surface area is 77.2 Å². The Kier molecular flexibility index (Phi) is 2.60. The van der Waals surface area contributed by atoms with Crippen molar-refractivity contribution < 1.29 is 0 Å². The van der Waals surface area contributed by atoms with Gasteiger partial charge in [0.15, 0.2) is 0 Å². The summed E-state index contributed by atoms with van der Waals surface area (Å²) >= 11 is 4.80. The van der Waals surface area contributed by atoms with Gasteiger partial charge in [-0.1, -0.05) is 12.2 Å². The van der Waals surface area contributed by atoms with Crippen LogP contribution in [0.3, 0.4) is 0 Å². The Balaban J connectivity index is 2.93. The van der Waals surface area contributed by atoms with E-state index in [9.17, 15) is 0 Å². The third kappa shape index (κ3) is 1.92. The van der Waals surface area contributed by atoms with Crippen LogP contribution in [-0.2, 0) is 0 Å². The van der Waals surface area contributed by atoms with Gasteiger partial charge in [0, 0.05) is 25.9 Å². The van der Waals surface area contributed by atoms with Crippen molar-refractivity contribution >= 4 is 23.0 Å². The molecule has 0 amide bonds. The van der Waals surface area contributed by atoms with Crippen LogP contribution in [0.1, 0.15) is 5.56 Å². The van der Waals surface area contributed by atoms with E-state index in [0.717, 1.165) is 11.4 Å². The lowest BCUT2D eigenvalue weighted by Gasteiger charge is -2.10. The van der Waals surface area contributed by atoms with Crippen molar-refractivity contribution in [3.63, 3.8) is 0 Å². The van der Waals surface area contributed by atoms with Gasteiger partial charge in [0.05, 0.1) is 0 Å². The van der Waals surface area contributed by atoms with E-state index in [1.54, 1.807) is 6.20 Å². The summed E-state index contributed by atoms with van der Waals surface area (Å²) in [5.41, 5.74) is 6.22. The predicted octanol–water partition coefficient (Wildman–Crippen LogP) is 0.782. The van der Waals surface area contributed by atoms with Crippen LogP contribution in [0, 0.1) is 0 Å². The molecule has 4 heteroatoms. The smallest absolute Gasteiger partial charge is 0.127 e. The zero-order valence-electron chi connectivity index (χ0n) is 7.11. The van der Waals surface area contributed by atoms with Crippen LogP contribution in [0.5, 0.6) is 0 Å². The standard InChI is InChI=1S/C8H11N3S/c1-11(2)7-4-3-6(5-10-7)8(9)12/h3-5H,1-2H3,(H2,9,12). The molecule has 0 saturated heterocycles. The van der Waals surface area contributed by atoms with Gasteiger partial charge < -0.3 is 10.6 Å². The Hall–Kier alpha value is -1.16. The zero-order valence-corrected chi connectivity index (χ0v) is 7.93. The van der Waals surface area contributed by atoms with Crippen molar-refractivity contribution in [3.05, 3.63) is 23.9 Å². The van der Waals surface area contributed by atoms with E-state index in [1.807, 2.05) is 31.1 Å². The van der Waals surface area contributed by atoms with Gasteiger partial charge in [-0.05, 0) is 12.1 Å². The largest absolute Gasteiger partial charge is 0.389 e. The van der Waals surface area contributed by atoms with Gasteiger partial charge in [0.2, 0.25) is 0 Å². The Bertz CT molecular complexity index is 279. The lowest BCUT2D eigenvalue weighted by atomic mass is 10.3.